The summed E-state index contributed by atoms with van der Waals surface area (Å²) in [7, 11) is 0. The SMILES string of the molecule is CCOC(=O)C(CCCCc1cccnc1)C(=O)O. The van der Waals surface area contributed by atoms with Crippen molar-refractivity contribution in [3.63, 3.8) is 0 Å². The summed E-state index contributed by atoms with van der Waals surface area (Å²) in [6, 6.07) is 3.85. The van der Waals surface area contributed by atoms with E-state index in [4.69, 9.17) is 9.84 Å². The van der Waals surface area contributed by atoms with Crippen LogP contribution in [0.1, 0.15) is 31.7 Å². The predicted molar refractivity (Wildman–Crippen MR) is 69.6 cm³/mol. The maximum atomic E-state index is 11.4. The number of carbonyl (C=O) groups is 2. The summed E-state index contributed by atoms with van der Waals surface area (Å²) < 4.78 is 4.75. The van der Waals surface area contributed by atoms with Gasteiger partial charge in [-0.1, -0.05) is 12.5 Å². The van der Waals surface area contributed by atoms with Crippen molar-refractivity contribution >= 4 is 11.9 Å². The highest BCUT2D eigenvalue weighted by Gasteiger charge is 2.26. The molecule has 1 unspecified atom stereocenters. The summed E-state index contributed by atoms with van der Waals surface area (Å²) in [5.41, 5.74) is 1.12. The van der Waals surface area contributed by atoms with Crippen LogP contribution in [-0.2, 0) is 20.7 Å². The first-order chi connectivity index (χ1) is 9.15. The first kappa shape index (κ1) is 15.1. The second-order valence-corrected chi connectivity index (χ2v) is 4.25. The highest BCUT2D eigenvalue weighted by atomic mass is 16.5. The number of hydrogen-bond acceptors (Lipinski definition) is 4. The van der Waals surface area contributed by atoms with Gasteiger partial charge in [-0.25, -0.2) is 0 Å². The van der Waals surface area contributed by atoms with Crippen molar-refractivity contribution in [2.75, 3.05) is 6.61 Å². The molecular formula is C14H19NO4. The molecule has 1 rings (SSSR count). The summed E-state index contributed by atoms with van der Waals surface area (Å²) >= 11 is 0. The number of aryl methyl sites for hydroxylation is 1. The van der Waals surface area contributed by atoms with Gasteiger partial charge in [-0.3, -0.25) is 14.6 Å². The van der Waals surface area contributed by atoms with E-state index in [9.17, 15) is 9.59 Å². The van der Waals surface area contributed by atoms with Crippen molar-refractivity contribution in [2.45, 2.75) is 32.6 Å². The number of aliphatic carboxylic acids is 1. The Morgan fingerprint density at radius 2 is 2.21 bits per heavy atom. The summed E-state index contributed by atoms with van der Waals surface area (Å²) in [6.07, 6.45) is 6.15. The molecule has 1 aromatic heterocycles. The Hall–Kier alpha value is -1.91. The molecule has 1 N–H and O–H groups in total. The third kappa shape index (κ3) is 5.50. The molecule has 0 saturated carbocycles. The fourth-order valence-electron chi connectivity index (χ4n) is 1.81. The molecule has 104 valence electrons. The minimum atomic E-state index is -1.11. The lowest BCUT2D eigenvalue weighted by Crippen LogP contribution is -2.25. The van der Waals surface area contributed by atoms with Crippen LogP contribution >= 0.6 is 0 Å². The lowest BCUT2D eigenvalue weighted by Gasteiger charge is -2.10. The number of ether oxygens (including phenoxy) is 1. The van der Waals surface area contributed by atoms with E-state index < -0.39 is 17.9 Å². The van der Waals surface area contributed by atoms with Crippen molar-refractivity contribution in [2.24, 2.45) is 5.92 Å². The van der Waals surface area contributed by atoms with Crippen molar-refractivity contribution in [1.82, 2.24) is 4.98 Å². The highest BCUT2D eigenvalue weighted by Crippen LogP contribution is 2.13. The molecule has 1 heterocycles. The fraction of sp³-hybridized carbons (Fsp3) is 0.500. The van der Waals surface area contributed by atoms with Crippen molar-refractivity contribution in [3.05, 3.63) is 30.1 Å². The number of hydrogen-bond donors (Lipinski definition) is 1. The summed E-state index contributed by atoms with van der Waals surface area (Å²) in [6.45, 7) is 1.87. The van der Waals surface area contributed by atoms with Gasteiger partial charge < -0.3 is 9.84 Å². The first-order valence-corrected chi connectivity index (χ1v) is 6.43. The van der Waals surface area contributed by atoms with Gasteiger partial charge in [0, 0.05) is 12.4 Å². The van der Waals surface area contributed by atoms with Crippen LogP contribution in [0, 0.1) is 5.92 Å². The van der Waals surface area contributed by atoms with Gasteiger partial charge in [0.05, 0.1) is 6.61 Å². The molecule has 1 aromatic rings. The van der Waals surface area contributed by atoms with Gasteiger partial charge in [-0.15, -0.1) is 0 Å². The number of nitrogens with zero attached hydrogens (tertiary/aromatic N) is 1. The molecule has 19 heavy (non-hydrogen) atoms. The Morgan fingerprint density at radius 3 is 2.79 bits per heavy atom. The zero-order valence-corrected chi connectivity index (χ0v) is 11.0. The predicted octanol–water partition coefficient (Wildman–Crippen LogP) is 2.06. The zero-order valence-electron chi connectivity index (χ0n) is 11.0. The summed E-state index contributed by atoms with van der Waals surface area (Å²) in [4.78, 5) is 26.4. The molecule has 5 nitrogen and oxygen atoms in total. The Kier molecular flexibility index (Phi) is 6.57. The van der Waals surface area contributed by atoms with Gasteiger partial charge in [-0.05, 0) is 37.8 Å². The Bertz CT molecular complexity index is 405. The maximum absolute atomic E-state index is 11.4. The largest absolute Gasteiger partial charge is 0.481 e. The van der Waals surface area contributed by atoms with Gasteiger partial charge in [0.2, 0.25) is 0 Å². The van der Waals surface area contributed by atoms with Crippen molar-refractivity contribution in [1.29, 1.82) is 0 Å². The van der Waals surface area contributed by atoms with Crippen LogP contribution in [0.2, 0.25) is 0 Å². The van der Waals surface area contributed by atoms with E-state index in [1.54, 1.807) is 19.3 Å². The normalized spacial score (nSPS) is 11.8. The topological polar surface area (TPSA) is 76.5 Å². The van der Waals surface area contributed by atoms with E-state index in [2.05, 4.69) is 4.98 Å². The van der Waals surface area contributed by atoms with Crippen LogP contribution in [0.4, 0.5) is 0 Å². The number of rotatable bonds is 8. The Morgan fingerprint density at radius 1 is 1.42 bits per heavy atom. The average molecular weight is 265 g/mol. The number of aromatic nitrogens is 1. The van der Waals surface area contributed by atoms with E-state index in [0.29, 0.717) is 12.8 Å². The van der Waals surface area contributed by atoms with E-state index >= 15 is 0 Å². The van der Waals surface area contributed by atoms with E-state index in [1.807, 2.05) is 12.1 Å². The molecule has 0 saturated heterocycles. The number of carboxylic acids is 1. The van der Waals surface area contributed by atoms with Gasteiger partial charge in [0.1, 0.15) is 0 Å². The Labute approximate surface area is 112 Å². The van der Waals surface area contributed by atoms with Crippen LogP contribution in [0.3, 0.4) is 0 Å². The lowest BCUT2D eigenvalue weighted by molar-refractivity contribution is -0.158. The minimum absolute atomic E-state index is 0.207. The maximum Gasteiger partial charge on any atom is 0.320 e. The summed E-state index contributed by atoms with van der Waals surface area (Å²) in [5.74, 6) is -2.80. The Balaban J connectivity index is 2.33. The number of carboxylic acid groups (broad SMARTS) is 1. The van der Waals surface area contributed by atoms with Crippen LogP contribution in [0.15, 0.2) is 24.5 Å². The molecule has 0 aliphatic carbocycles. The summed E-state index contributed by atoms with van der Waals surface area (Å²) in [5, 5.41) is 8.98. The first-order valence-electron chi connectivity index (χ1n) is 6.43. The molecule has 0 spiro atoms. The molecule has 0 aliphatic rings. The third-order valence-electron chi connectivity index (χ3n) is 2.80. The van der Waals surface area contributed by atoms with Crippen LogP contribution in [-0.4, -0.2) is 28.6 Å². The molecule has 1 atom stereocenters. The number of carbonyl (C=O) groups excluding carboxylic acids is 1. The van der Waals surface area contributed by atoms with Crippen LogP contribution in [0.25, 0.3) is 0 Å². The standard InChI is InChI=1S/C14H19NO4/c1-2-19-14(18)12(13(16)17)8-4-3-6-11-7-5-9-15-10-11/h5,7,9-10,12H,2-4,6,8H2,1H3,(H,16,17). The monoisotopic (exact) mass is 265 g/mol. The number of unbranched alkanes of at least 4 members (excludes halogenated alkanes) is 1. The highest BCUT2D eigenvalue weighted by molar-refractivity contribution is 5.93. The lowest BCUT2D eigenvalue weighted by atomic mass is 10.00. The molecule has 0 aromatic carbocycles. The number of pyridine rings is 1. The molecular weight excluding hydrogens is 246 g/mol. The number of esters is 1. The van der Waals surface area contributed by atoms with Gasteiger partial charge in [0.25, 0.3) is 0 Å². The van der Waals surface area contributed by atoms with E-state index in [1.165, 1.54) is 0 Å². The molecule has 0 amide bonds. The molecule has 0 aliphatic heterocycles. The average Bonchev–Trinajstić information content (AvgIpc) is 2.39. The van der Waals surface area contributed by atoms with Gasteiger partial charge in [-0.2, -0.15) is 0 Å². The molecule has 5 heteroatoms. The van der Waals surface area contributed by atoms with Crippen molar-refractivity contribution < 1.29 is 19.4 Å². The fourth-order valence-corrected chi connectivity index (χ4v) is 1.81. The quantitative estimate of drug-likeness (QED) is 0.442. The molecule has 0 fully saturated rings. The van der Waals surface area contributed by atoms with Crippen LogP contribution < -0.4 is 0 Å². The van der Waals surface area contributed by atoms with Gasteiger partial charge >= 0.3 is 11.9 Å². The van der Waals surface area contributed by atoms with Crippen molar-refractivity contribution in [3.8, 4) is 0 Å². The van der Waals surface area contributed by atoms with Gasteiger partial charge in [0.15, 0.2) is 5.92 Å². The molecule has 0 bridgehead atoms. The van der Waals surface area contributed by atoms with E-state index in [-0.39, 0.29) is 6.61 Å². The third-order valence-corrected chi connectivity index (χ3v) is 2.80. The minimum Gasteiger partial charge on any atom is -0.481 e. The zero-order chi connectivity index (χ0) is 14.1. The second kappa shape index (κ2) is 8.24. The smallest absolute Gasteiger partial charge is 0.320 e. The molecule has 0 radical (unpaired) electrons. The van der Waals surface area contributed by atoms with Crippen LogP contribution in [0.5, 0.6) is 0 Å². The second-order valence-electron chi connectivity index (χ2n) is 4.25. The van der Waals surface area contributed by atoms with E-state index in [0.717, 1.165) is 18.4 Å².